The summed E-state index contributed by atoms with van der Waals surface area (Å²) in [4.78, 5) is 25.5. The molecule has 0 aromatic heterocycles. The second-order valence-corrected chi connectivity index (χ2v) is 10.7. The largest absolute Gasteiger partial charge is 0.464 e. The van der Waals surface area contributed by atoms with Gasteiger partial charge in [0.1, 0.15) is 6.04 Å². The molecule has 0 bridgehead atoms. The molecule has 170 valence electrons. The fraction of sp³-hybridized carbons (Fsp3) is 0.478. The molecular weight excluding hydrogens is 434 g/mol. The molecule has 8 heteroatoms. The normalized spacial score (nSPS) is 13.5. The molecule has 2 atom stereocenters. The van der Waals surface area contributed by atoms with Crippen LogP contribution in [0.2, 0.25) is 0 Å². The second-order valence-electron chi connectivity index (χ2n) is 7.33. The van der Waals surface area contributed by atoms with E-state index in [0.29, 0.717) is 12.2 Å². The Labute approximate surface area is 189 Å². The molecule has 2 aromatic rings. The van der Waals surface area contributed by atoms with Crippen molar-refractivity contribution in [2.75, 3.05) is 30.1 Å². The monoisotopic (exact) mass is 465 g/mol. The van der Waals surface area contributed by atoms with Crippen molar-refractivity contribution < 1.29 is 22.7 Å². The first-order valence-electron chi connectivity index (χ1n) is 10.4. The number of ether oxygens (including phenoxy) is 1. The van der Waals surface area contributed by atoms with Crippen molar-refractivity contribution in [3.63, 3.8) is 0 Å². The molecule has 2 aromatic carbocycles. The molecule has 0 spiro atoms. The van der Waals surface area contributed by atoms with Crippen LogP contribution in [-0.4, -0.2) is 56.5 Å². The molecule has 0 saturated carbocycles. The molecule has 0 aliphatic heterocycles. The summed E-state index contributed by atoms with van der Waals surface area (Å²) in [6, 6.07) is 12.8. The van der Waals surface area contributed by atoms with E-state index in [1.807, 2.05) is 48.7 Å². The number of benzene rings is 2. The fourth-order valence-corrected chi connectivity index (χ4v) is 4.99. The molecule has 1 unspecified atom stereocenters. The van der Waals surface area contributed by atoms with Gasteiger partial charge in [0.25, 0.3) is 0 Å². The lowest BCUT2D eigenvalue weighted by Crippen LogP contribution is -2.46. The van der Waals surface area contributed by atoms with Crippen LogP contribution in [0.4, 0.5) is 0 Å². The number of amides is 1. The van der Waals surface area contributed by atoms with Gasteiger partial charge in [0, 0.05) is 5.75 Å². The first-order valence-corrected chi connectivity index (χ1v) is 13.7. The van der Waals surface area contributed by atoms with Gasteiger partial charge < -0.3 is 10.1 Å². The van der Waals surface area contributed by atoms with E-state index in [1.165, 1.54) is 0 Å². The maximum atomic E-state index is 13.2. The van der Waals surface area contributed by atoms with Crippen molar-refractivity contribution in [3.8, 4) is 0 Å². The number of hydrogen-bond donors (Lipinski definition) is 1. The molecule has 0 heterocycles. The Morgan fingerprint density at radius 1 is 1.10 bits per heavy atom. The van der Waals surface area contributed by atoms with Crippen molar-refractivity contribution in [2.45, 2.75) is 32.7 Å². The lowest BCUT2D eigenvalue weighted by Gasteiger charge is -2.22. The molecule has 0 aliphatic rings. The van der Waals surface area contributed by atoms with Crippen molar-refractivity contribution in [3.05, 3.63) is 48.0 Å². The quantitative estimate of drug-likeness (QED) is 0.484. The smallest absolute Gasteiger partial charge is 0.328 e. The van der Waals surface area contributed by atoms with Crippen LogP contribution in [0.5, 0.6) is 0 Å². The number of esters is 1. The van der Waals surface area contributed by atoms with E-state index in [9.17, 15) is 18.0 Å². The van der Waals surface area contributed by atoms with Crippen LogP contribution in [0.25, 0.3) is 10.8 Å². The summed E-state index contributed by atoms with van der Waals surface area (Å²) in [6.07, 6.45) is 2.61. The highest BCUT2D eigenvalue weighted by Gasteiger charge is 2.29. The lowest BCUT2D eigenvalue weighted by atomic mass is 9.95. The van der Waals surface area contributed by atoms with Crippen molar-refractivity contribution in [2.24, 2.45) is 5.92 Å². The van der Waals surface area contributed by atoms with E-state index in [0.717, 1.165) is 16.3 Å². The lowest BCUT2D eigenvalue weighted by molar-refractivity contribution is -0.147. The molecule has 1 amide bonds. The predicted molar refractivity (Wildman–Crippen MR) is 127 cm³/mol. The molecule has 0 fully saturated rings. The van der Waals surface area contributed by atoms with Gasteiger partial charge in [0.05, 0.1) is 18.3 Å². The minimum Gasteiger partial charge on any atom is -0.464 e. The number of thioether (sulfide) groups is 1. The third-order valence-electron chi connectivity index (χ3n) is 5.11. The predicted octanol–water partition coefficient (Wildman–Crippen LogP) is 3.23. The Morgan fingerprint density at radius 3 is 2.48 bits per heavy atom. The van der Waals surface area contributed by atoms with Crippen LogP contribution in [0.3, 0.4) is 0 Å². The average molecular weight is 466 g/mol. The average Bonchev–Trinajstić information content (AvgIpc) is 2.76. The molecule has 31 heavy (non-hydrogen) atoms. The Balaban J connectivity index is 2.31. The summed E-state index contributed by atoms with van der Waals surface area (Å²) >= 11 is 1.56. The number of rotatable bonds is 12. The van der Waals surface area contributed by atoms with E-state index in [1.54, 1.807) is 25.6 Å². The van der Waals surface area contributed by atoms with Gasteiger partial charge in [-0.05, 0) is 48.1 Å². The maximum Gasteiger partial charge on any atom is 0.328 e. The number of nitrogens with one attached hydrogen (secondary N) is 1. The minimum absolute atomic E-state index is 0.0416. The van der Waals surface area contributed by atoms with E-state index in [2.05, 4.69) is 5.32 Å². The maximum absolute atomic E-state index is 13.2. The number of sulfone groups is 1. The van der Waals surface area contributed by atoms with Crippen LogP contribution in [-0.2, 0) is 30.6 Å². The van der Waals surface area contributed by atoms with Crippen molar-refractivity contribution >= 4 is 44.2 Å². The third-order valence-corrected chi connectivity index (χ3v) is 7.54. The summed E-state index contributed by atoms with van der Waals surface area (Å²) in [7, 11) is -3.40. The summed E-state index contributed by atoms with van der Waals surface area (Å²) in [5, 5.41) is 4.78. The van der Waals surface area contributed by atoms with E-state index < -0.39 is 33.7 Å². The third kappa shape index (κ3) is 7.54. The topological polar surface area (TPSA) is 89.5 Å². The number of hydrogen-bond acceptors (Lipinski definition) is 6. The molecule has 0 saturated heterocycles. The summed E-state index contributed by atoms with van der Waals surface area (Å²) in [6.45, 7) is 3.50. The van der Waals surface area contributed by atoms with Gasteiger partial charge in [-0.3, -0.25) is 4.79 Å². The highest BCUT2D eigenvalue weighted by molar-refractivity contribution is 7.98. The molecule has 2 rings (SSSR count). The zero-order valence-electron chi connectivity index (χ0n) is 18.3. The summed E-state index contributed by atoms with van der Waals surface area (Å²) in [5.41, 5.74) is 0.904. The Hall–Kier alpha value is -2.06. The first kappa shape index (κ1) is 25.2. The first-order chi connectivity index (χ1) is 14.8. The van der Waals surface area contributed by atoms with Crippen LogP contribution in [0, 0.1) is 5.92 Å². The number of carbonyl (C=O) groups excluding carboxylic acids is 2. The van der Waals surface area contributed by atoms with Gasteiger partial charge >= 0.3 is 5.97 Å². The SMILES string of the molecule is CCOC(=O)[C@H](CCSC)NC(=O)C(Cc1cccc2ccccc12)CS(=O)(=O)CC. The van der Waals surface area contributed by atoms with Crippen LogP contribution < -0.4 is 5.32 Å². The van der Waals surface area contributed by atoms with Crippen molar-refractivity contribution in [1.29, 1.82) is 0 Å². The van der Waals surface area contributed by atoms with E-state index in [-0.39, 0.29) is 24.5 Å². The highest BCUT2D eigenvalue weighted by atomic mass is 32.2. The molecule has 1 N–H and O–H groups in total. The van der Waals surface area contributed by atoms with Crippen LogP contribution in [0.15, 0.2) is 42.5 Å². The van der Waals surface area contributed by atoms with Gasteiger partial charge in [-0.15, -0.1) is 0 Å². The number of fused-ring (bicyclic) bond motifs is 1. The fourth-order valence-electron chi connectivity index (χ4n) is 3.40. The minimum atomic E-state index is -3.40. The summed E-state index contributed by atoms with van der Waals surface area (Å²) < 4.78 is 29.9. The molecule has 0 aliphatic carbocycles. The van der Waals surface area contributed by atoms with Gasteiger partial charge in [0.2, 0.25) is 5.91 Å². The Morgan fingerprint density at radius 2 is 1.81 bits per heavy atom. The van der Waals surface area contributed by atoms with Gasteiger partial charge in [-0.2, -0.15) is 11.8 Å². The summed E-state index contributed by atoms with van der Waals surface area (Å²) in [5.74, 6) is -1.37. The molecule has 6 nitrogen and oxygen atoms in total. The van der Waals surface area contributed by atoms with E-state index >= 15 is 0 Å². The van der Waals surface area contributed by atoms with Crippen molar-refractivity contribution in [1.82, 2.24) is 5.32 Å². The van der Waals surface area contributed by atoms with Gasteiger partial charge in [-0.25, -0.2) is 13.2 Å². The zero-order valence-corrected chi connectivity index (χ0v) is 19.9. The molecule has 0 radical (unpaired) electrons. The van der Waals surface area contributed by atoms with E-state index in [4.69, 9.17) is 4.74 Å². The standard InChI is InChI=1S/C23H31NO5S2/c1-4-29-23(26)21(13-14-30-3)24-22(25)19(16-31(27,28)5-2)15-18-11-8-10-17-9-6-7-12-20(17)18/h6-12,19,21H,4-5,13-16H2,1-3H3,(H,24,25)/t19?,21-/m0/s1. The second kappa shape index (κ2) is 12.1. The highest BCUT2D eigenvalue weighted by Crippen LogP contribution is 2.22. The van der Waals surface area contributed by atoms with Crippen LogP contribution in [0.1, 0.15) is 25.8 Å². The van der Waals surface area contributed by atoms with Gasteiger partial charge in [0.15, 0.2) is 9.84 Å². The Kier molecular flexibility index (Phi) is 9.84. The van der Waals surface area contributed by atoms with Gasteiger partial charge in [-0.1, -0.05) is 49.4 Å². The molecular formula is C23H31NO5S2. The Bertz CT molecular complexity index is 985. The van der Waals surface area contributed by atoms with Crippen LogP contribution >= 0.6 is 11.8 Å². The number of carbonyl (C=O) groups is 2. The zero-order chi connectivity index (χ0) is 22.9.